The van der Waals surface area contributed by atoms with Crippen LogP contribution in [0.1, 0.15) is 36.2 Å². The molecular weight excluding hydrogens is 514 g/mol. The van der Waals surface area contributed by atoms with Gasteiger partial charge in [-0.05, 0) is 86.6 Å². The number of amides is 2. The number of hydrogen-bond acceptors (Lipinski definition) is 6. The van der Waals surface area contributed by atoms with E-state index in [-0.39, 0.29) is 24.8 Å². The van der Waals surface area contributed by atoms with Crippen molar-refractivity contribution in [2.75, 3.05) is 30.0 Å². The predicted octanol–water partition coefficient (Wildman–Crippen LogP) is 4.84. The first-order valence-corrected chi connectivity index (χ1v) is 13.3. The highest BCUT2D eigenvalue weighted by Crippen LogP contribution is 2.29. The average molecular weight is 546 g/mol. The number of benzene rings is 3. The zero-order valence-electron chi connectivity index (χ0n) is 22.0. The van der Waals surface area contributed by atoms with Crippen molar-refractivity contribution in [1.82, 2.24) is 4.90 Å². The molecule has 0 aliphatic carbocycles. The largest absolute Gasteiger partial charge is 0.494 e. The van der Waals surface area contributed by atoms with Gasteiger partial charge in [0.2, 0.25) is 5.91 Å². The average Bonchev–Trinajstić information content (AvgIpc) is 3.17. The third kappa shape index (κ3) is 6.80. The molecule has 1 atom stereocenters. The van der Waals surface area contributed by atoms with E-state index in [1.165, 1.54) is 4.90 Å². The molecular formula is C30H31N3O5S. The van der Waals surface area contributed by atoms with Crippen molar-refractivity contribution < 1.29 is 23.9 Å². The highest BCUT2D eigenvalue weighted by Gasteiger charge is 2.43. The van der Waals surface area contributed by atoms with Gasteiger partial charge >= 0.3 is 5.97 Å². The summed E-state index contributed by atoms with van der Waals surface area (Å²) < 4.78 is 10.5. The molecule has 39 heavy (non-hydrogen) atoms. The molecule has 8 nitrogen and oxygen atoms in total. The number of anilines is 2. The van der Waals surface area contributed by atoms with Crippen LogP contribution in [-0.2, 0) is 20.7 Å². The lowest BCUT2D eigenvalue weighted by Crippen LogP contribution is -2.39. The molecule has 2 amide bonds. The van der Waals surface area contributed by atoms with Gasteiger partial charge in [0.15, 0.2) is 5.11 Å². The maximum atomic E-state index is 13.7. The van der Waals surface area contributed by atoms with Gasteiger partial charge < -0.3 is 19.7 Å². The number of nitrogens with zero attached hydrogens (tertiary/aromatic N) is 2. The normalized spacial score (nSPS) is 14.9. The maximum absolute atomic E-state index is 13.7. The van der Waals surface area contributed by atoms with Crippen LogP contribution >= 0.6 is 12.2 Å². The van der Waals surface area contributed by atoms with Crippen LogP contribution < -0.4 is 15.0 Å². The van der Waals surface area contributed by atoms with Crippen LogP contribution in [0.4, 0.5) is 11.4 Å². The zero-order valence-corrected chi connectivity index (χ0v) is 22.8. The van der Waals surface area contributed by atoms with Crippen molar-refractivity contribution in [3.63, 3.8) is 0 Å². The van der Waals surface area contributed by atoms with Gasteiger partial charge in [-0.2, -0.15) is 0 Å². The molecule has 1 aliphatic heterocycles. The number of carbonyl (C=O) groups is 3. The van der Waals surface area contributed by atoms with Crippen LogP contribution in [0.2, 0.25) is 0 Å². The van der Waals surface area contributed by atoms with Crippen molar-refractivity contribution in [2.24, 2.45) is 0 Å². The molecule has 0 bridgehead atoms. The summed E-state index contributed by atoms with van der Waals surface area (Å²) in [6.07, 6.45) is 0.583. The van der Waals surface area contributed by atoms with Crippen molar-refractivity contribution in [1.29, 1.82) is 0 Å². The zero-order chi connectivity index (χ0) is 27.8. The monoisotopic (exact) mass is 545 g/mol. The van der Waals surface area contributed by atoms with E-state index in [9.17, 15) is 14.4 Å². The number of thiocarbonyl (C=S) groups is 1. The smallest absolute Gasteiger partial charge is 0.338 e. The third-order valence-electron chi connectivity index (χ3n) is 6.27. The molecule has 0 saturated carbocycles. The molecule has 202 valence electrons. The van der Waals surface area contributed by atoms with Gasteiger partial charge in [0.1, 0.15) is 11.8 Å². The summed E-state index contributed by atoms with van der Waals surface area (Å²) in [6.45, 7) is 4.94. The maximum Gasteiger partial charge on any atom is 0.338 e. The number of carbonyl (C=O) groups excluding carboxylic acids is 3. The predicted molar refractivity (Wildman–Crippen MR) is 154 cm³/mol. The summed E-state index contributed by atoms with van der Waals surface area (Å²) in [5, 5.41) is 3.18. The minimum atomic E-state index is -0.758. The first-order valence-electron chi connectivity index (χ1n) is 12.9. The standard InChI is InChI=1S/C30H31N3O5S/c1-3-37-25-16-14-24(15-17-25)33-28(35)26(32(30(33)39)19-18-21-8-6-5-7-9-21)20-27(34)31-23-12-10-22(11-13-23)29(36)38-4-2/h5-17,26H,3-4,18-20H2,1-2H3,(H,31,34)/t26-/m0/s1. The molecule has 1 heterocycles. The number of esters is 1. The molecule has 3 aromatic rings. The number of ether oxygens (including phenoxy) is 2. The second-order valence-electron chi connectivity index (χ2n) is 8.88. The molecule has 9 heteroatoms. The summed E-state index contributed by atoms with van der Waals surface area (Å²) in [5.41, 5.74) is 2.64. The lowest BCUT2D eigenvalue weighted by Gasteiger charge is -2.24. The molecule has 0 spiro atoms. The Balaban J connectivity index is 1.51. The topological polar surface area (TPSA) is 88.2 Å². The molecule has 1 aliphatic rings. The van der Waals surface area contributed by atoms with Crippen molar-refractivity contribution in [3.05, 3.63) is 90.0 Å². The van der Waals surface area contributed by atoms with Gasteiger partial charge in [-0.3, -0.25) is 14.5 Å². The van der Waals surface area contributed by atoms with Crippen molar-refractivity contribution in [3.8, 4) is 5.75 Å². The highest BCUT2D eigenvalue weighted by atomic mass is 32.1. The van der Waals surface area contributed by atoms with Crippen LogP contribution in [0.25, 0.3) is 0 Å². The molecule has 3 aromatic carbocycles. The van der Waals surface area contributed by atoms with Crippen molar-refractivity contribution in [2.45, 2.75) is 32.7 Å². The quantitative estimate of drug-likeness (QED) is 0.273. The Morgan fingerprint density at radius 1 is 0.923 bits per heavy atom. The Kier molecular flexibility index (Phi) is 9.27. The van der Waals surface area contributed by atoms with Crippen LogP contribution in [0.3, 0.4) is 0 Å². The molecule has 1 saturated heterocycles. The second kappa shape index (κ2) is 13.0. The van der Waals surface area contributed by atoms with E-state index in [1.807, 2.05) is 42.2 Å². The van der Waals surface area contributed by atoms with E-state index in [0.29, 0.717) is 47.4 Å². The van der Waals surface area contributed by atoms with Gasteiger partial charge in [0.25, 0.3) is 5.91 Å². The molecule has 0 radical (unpaired) electrons. The molecule has 0 unspecified atom stereocenters. The second-order valence-corrected chi connectivity index (χ2v) is 9.24. The lowest BCUT2D eigenvalue weighted by atomic mass is 10.1. The number of nitrogens with one attached hydrogen (secondary N) is 1. The van der Waals surface area contributed by atoms with E-state index in [1.54, 1.807) is 55.5 Å². The Bertz CT molecular complexity index is 1310. The summed E-state index contributed by atoms with van der Waals surface area (Å²) in [4.78, 5) is 41.9. The lowest BCUT2D eigenvalue weighted by molar-refractivity contribution is -0.124. The number of hydrogen-bond donors (Lipinski definition) is 1. The van der Waals surface area contributed by atoms with Gasteiger partial charge in [0, 0.05) is 12.2 Å². The van der Waals surface area contributed by atoms with Gasteiger partial charge in [-0.1, -0.05) is 30.3 Å². The molecule has 0 aromatic heterocycles. The van der Waals surface area contributed by atoms with E-state index in [4.69, 9.17) is 21.7 Å². The Morgan fingerprint density at radius 2 is 1.62 bits per heavy atom. The fraction of sp³-hybridized carbons (Fsp3) is 0.267. The first kappa shape index (κ1) is 27.8. The fourth-order valence-electron chi connectivity index (χ4n) is 4.37. The Hall–Kier alpha value is -4.24. The van der Waals surface area contributed by atoms with Crippen LogP contribution in [0, 0.1) is 0 Å². The van der Waals surface area contributed by atoms with E-state index in [0.717, 1.165) is 5.56 Å². The van der Waals surface area contributed by atoms with Gasteiger partial charge in [-0.25, -0.2) is 4.79 Å². The summed E-state index contributed by atoms with van der Waals surface area (Å²) in [5.74, 6) is -0.322. The summed E-state index contributed by atoms with van der Waals surface area (Å²) in [7, 11) is 0. The Labute approximate surface area is 233 Å². The number of rotatable bonds is 11. The third-order valence-corrected chi connectivity index (χ3v) is 6.68. The van der Waals surface area contributed by atoms with Crippen molar-refractivity contribution >= 4 is 46.5 Å². The first-order chi connectivity index (χ1) is 18.9. The Morgan fingerprint density at radius 3 is 2.26 bits per heavy atom. The van der Waals surface area contributed by atoms with E-state index < -0.39 is 12.0 Å². The molecule has 1 N–H and O–H groups in total. The van der Waals surface area contributed by atoms with E-state index in [2.05, 4.69) is 5.32 Å². The van der Waals surface area contributed by atoms with Crippen LogP contribution in [-0.4, -0.2) is 53.6 Å². The minimum Gasteiger partial charge on any atom is -0.494 e. The molecule has 1 fully saturated rings. The fourth-order valence-corrected chi connectivity index (χ4v) is 4.78. The SMILES string of the molecule is CCOC(=O)c1ccc(NC(=O)C[C@H]2C(=O)N(c3ccc(OCC)cc3)C(=S)N2CCc2ccccc2)cc1. The van der Waals surface area contributed by atoms with Gasteiger partial charge in [-0.15, -0.1) is 0 Å². The highest BCUT2D eigenvalue weighted by molar-refractivity contribution is 7.80. The van der Waals surface area contributed by atoms with Gasteiger partial charge in [0.05, 0.1) is 30.9 Å². The summed E-state index contributed by atoms with van der Waals surface area (Å²) in [6, 6.07) is 22.8. The summed E-state index contributed by atoms with van der Waals surface area (Å²) >= 11 is 5.76. The van der Waals surface area contributed by atoms with E-state index >= 15 is 0 Å². The minimum absolute atomic E-state index is 0.0824. The molecule has 4 rings (SSSR count). The van der Waals surface area contributed by atoms with Crippen LogP contribution in [0.5, 0.6) is 5.75 Å². The van der Waals surface area contributed by atoms with Crippen LogP contribution in [0.15, 0.2) is 78.9 Å².